The Kier molecular flexibility index (Phi) is 3.22. The van der Waals surface area contributed by atoms with E-state index in [0.717, 1.165) is 0 Å². The number of nitrogens with two attached hydrogens (primary N) is 2. The molecule has 0 aliphatic rings. The van der Waals surface area contributed by atoms with Gasteiger partial charge in [-0.2, -0.15) is 0 Å². The second kappa shape index (κ2) is 4.67. The first kappa shape index (κ1) is 12.4. The molecule has 18 heavy (non-hydrogen) atoms. The highest BCUT2D eigenvalue weighted by atomic mass is 32.2. The van der Waals surface area contributed by atoms with Crippen LogP contribution in [0.2, 0.25) is 0 Å². The maximum atomic E-state index is 11.3. The molecule has 0 aromatic heterocycles. The molecule has 0 bridgehead atoms. The van der Waals surface area contributed by atoms with Crippen LogP contribution in [0.4, 0.5) is 5.69 Å². The van der Waals surface area contributed by atoms with Crippen molar-refractivity contribution in [1.82, 2.24) is 0 Å². The molecular weight excluding hydrogens is 252 g/mol. The van der Waals surface area contributed by atoms with Crippen molar-refractivity contribution in [1.29, 1.82) is 0 Å². The van der Waals surface area contributed by atoms with Gasteiger partial charge in [-0.1, -0.05) is 18.2 Å². The Morgan fingerprint density at radius 2 is 1.61 bits per heavy atom. The van der Waals surface area contributed by atoms with Gasteiger partial charge in [0.2, 0.25) is 10.0 Å². The van der Waals surface area contributed by atoms with Gasteiger partial charge in [-0.3, -0.25) is 0 Å². The maximum absolute atomic E-state index is 11.3. The summed E-state index contributed by atoms with van der Waals surface area (Å²) >= 11 is 0. The molecule has 2 aromatic rings. The molecule has 94 valence electrons. The van der Waals surface area contributed by atoms with Crippen LogP contribution < -0.4 is 15.6 Å². The van der Waals surface area contributed by atoms with E-state index >= 15 is 0 Å². The van der Waals surface area contributed by atoms with Crippen LogP contribution >= 0.6 is 0 Å². The number of hydrogen-bond donors (Lipinski definition) is 2. The lowest BCUT2D eigenvalue weighted by atomic mass is 10.3. The highest BCUT2D eigenvalue weighted by Crippen LogP contribution is 2.26. The van der Waals surface area contributed by atoms with Crippen LogP contribution in [-0.4, -0.2) is 8.42 Å². The standard InChI is InChI=1S/C12H12N2O3S/c13-9-6-11(8-12(7-9)18(14,15)16)17-10-4-2-1-3-5-10/h1-8H,13H2,(H2,14,15,16). The fraction of sp³-hybridized carbons (Fsp3) is 0. The molecule has 0 atom stereocenters. The number of nitrogen functional groups attached to an aromatic ring is 1. The predicted octanol–water partition coefficient (Wildman–Crippen LogP) is 1.71. The minimum Gasteiger partial charge on any atom is -0.457 e. The van der Waals surface area contributed by atoms with Gasteiger partial charge >= 0.3 is 0 Å². The van der Waals surface area contributed by atoms with E-state index in [1.165, 1.54) is 18.2 Å². The number of anilines is 1. The van der Waals surface area contributed by atoms with Gasteiger partial charge in [0.25, 0.3) is 0 Å². The molecule has 0 saturated heterocycles. The Morgan fingerprint density at radius 3 is 2.22 bits per heavy atom. The first-order valence-corrected chi connectivity index (χ1v) is 6.66. The SMILES string of the molecule is Nc1cc(Oc2ccccc2)cc(S(N)(=O)=O)c1. The van der Waals surface area contributed by atoms with Crippen molar-refractivity contribution in [2.75, 3.05) is 5.73 Å². The first-order chi connectivity index (χ1) is 8.45. The number of para-hydroxylation sites is 1. The summed E-state index contributed by atoms with van der Waals surface area (Å²) < 4.78 is 28.0. The monoisotopic (exact) mass is 264 g/mol. The molecule has 0 heterocycles. The summed E-state index contributed by atoms with van der Waals surface area (Å²) in [5.74, 6) is 0.911. The van der Waals surface area contributed by atoms with Crippen LogP contribution in [0, 0.1) is 0 Å². The lowest BCUT2D eigenvalue weighted by Crippen LogP contribution is -2.12. The minimum absolute atomic E-state index is 0.0755. The number of primary sulfonamides is 1. The normalized spacial score (nSPS) is 11.2. The molecule has 2 aromatic carbocycles. The van der Waals surface area contributed by atoms with Gasteiger partial charge in [-0.05, 0) is 18.2 Å². The Labute approximate surface area is 105 Å². The third-order valence-electron chi connectivity index (χ3n) is 2.21. The Morgan fingerprint density at radius 1 is 0.944 bits per heavy atom. The molecule has 0 amide bonds. The van der Waals surface area contributed by atoms with Gasteiger partial charge in [-0.15, -0.1) is 0 Å². The van der Waals surface area contributed by atoms with Crippen LogP contribution in [0.25, 0.3) is 0 Å². The Hall–Kier alpha value is -2.05. The third kappa shape index (κ3) is 2.99. The molecular formula is C12H12N2O3S. The summed E-state index contributed by atoms with van der Waals surface area (Å²) in [5.41, 5.74) is 5.88. The summed E-state index contributed by atoms with van der Waals surface area (Å²) in [6.07, 6.45) is 0. The van der Waals surface area contributed by atoms with Crippen LogP contribution in [0.3, 0.4) is 0 Å². The summed E-state index contributed by atoms with van der Waals surface area (Å²) in [6, 6.07) is 13.1. The summed E-state index contributed by atoms with van der Waals surface area (Å²) in [4.78, 5) is -0.0755. The van der Waals surface area contributed by atoms with Gasteiger partial charge < -0.3 is 10.5 Å². The molecule has 0 fully saturated rings. The molecule has 2 rings (SSSR count). The van der Waals surface area contributed by atoms with Crippen molar-refractivity contribution in [3.05, 3.63) is 48.5 Å². The zero-order chi connectivity index (χ0) is 13.2. The minimum atomic E-state index is -3.80. The molecule has 4 N–H and O–H groups in total. The van der Waals surface area contributed by atoms with Gasteiger partial charge in [-0.25, -0.2) is 13.6 Å². The van der Waals surface area contributed by atoms with E-state index in [1.807, 2.05) is 18.2 Å². The first-order valence-electron chi connectivity index (χ1n) is 5.11. The van der Waals surface area contributed by atoms with E-state index in [2.05, 4.69) is 0 Å². The van der Waals surface area contributed by atoms with E-state index < -0.39 is 10.0 Å². The summed E-state index contributed by atoms with van der Waals surface area (Å²) in [7, 11) is -3.80. The van der Waals surface area contributed by atoms with Crippen molar-refractivity contribution in [3.63, 3.8) is 0 Å². The zero-order valence-corrected chi connectivity index (χ0v) is 10.2. The smallest absolute Gasteiger partial charge is 0.238 e. The average molecular weight is 264 g/mol. The Balaban J connectivity index is 2.38. The molecule has 5 nitrogen and oxygen atoms in total. The van der Waals surface area contributed by atoms with Crippen molar-refractivity contribution in [2.24, 2.45) is 5.14 Å². The van der Waals surface area contributed by atoms with Crippen LogP contribution in [0.1, 0.15) is 0 Å². The second-order valence-electron chi connectivity index (χ2n) is 3.70. The van der Waals surface area contributed by atoms with Crippen LogP contribution in [-0.2, 0) is 10.0 Å². The fourth-order valence-corrected chi connectivity index (χ4v) is 2.02. The molecule has 0 saturated carbocycles. The van der Waals surface area contributed by atoms with E-state index in [-0.39, 0.29) is 10.6 Å². The molecule has 0 unspecified atom stereocenters. The largest absolute Gasteiger partial charge is 0.457 e. The molecule has 0 radical (unpaired) electrons. The number of rotatable bonds is 3. The number of hydrogen-bond acceptors (Lipinski definition) is 4. The number of benzene rings is 2. The average Bonchev–Trinajstić information content (AvgIpc) is 2.28. The summed E-state index contributed by atoms with van der Waals surface area (Å²) in [5, 5.41) is 5.05. The predicted molar refractivity (Wildman–Crippen MR) is 68.7 cm³/mol. The maximum Gasteiger partial charge on any atom is 0.238 e. The van der Waals surface area contributed by atoms with E-state index in [0.29, 0.717) is 11.5 Å². The van der Waals surface area contributed by atoms with Gasteiger partial charge in [0, 0.05) is 17.8 Å². The highest BCUT2D eigenvalue weighted by molar-refractivity contribution is 7.89. The van der Waals surface area contributed by atoms with Gasteiger partial charge in [0.15, 0.2) is 0 Å². The van der Waals surface area contributed by atoms with Crippen molar-refractivity contribution < 1.29 is 13.2 Å². The van der Waals surface area contributed by atoms with Crippen LogP contribution in [0.5, 0.6) is 11.5 Å². The fourth-order valence-electron chi connectivity index (χ4n) is 1.44. The van der Waals surface area contributed by atoms with Crippen molar-refractivity contribution in [3.8, 4) is 11.5 Å². The van der Waals surface area contributed by atoms with Crippen molar-refractivity contribution >= 4 is 15.7 Å². The van der Waals surface area contributed by atoms with Crippen molar-refractivity contribution in [2.45, 2.75) is 4.90 Å². The zero-order valence-electron chi connectivity index (χ0n) is 9.41. The lowest BCUT2D eigenvalue weighted by molar-refractivity contribution is 0.481. The molecule has 0 aliphatic carbocycles. The van der Waals surface area contributed by atoms with E-state index in [4.69, 9.17) is 15.6 Å². The topological polar surface area (TPSA) is 95.4 Å². The van der Waals surface area contributed by atoms with Crippen LogP contribution in [0.15, 0.2) is 53.4 Å². The van der Waals surface area contributed by atoms with E-state index in [9.17, 15) is 8.42 Å². The second-order valence-corrected chi connectivity index (χ2v) is 5.26. The highest BCUT2D eigenvalue weighted by Gasteiger charge is 2.10. The number of ether oxygens (including phenoxy) is 1. The summed E-state index contributed by atoms with van der Waals surface area (Å²) in [6.45, 7) is 0. The van der Waals surface area contributed by atoms with Gasteiger partial charge in [0.1, 0.15) is 11.5 Å². The Bertz CT molecular complexity index is 654. The van der Waals surface area contributed by atoms with E-state index in [1.54, 1.807) is 12.1 Å². The molecule has 0 spiro atoms. The quantitative estimate of drug-likeness (QED) is 0.825. The lowest BCUT2D eigenvalue weighted by Gasteiger charge is -2.08. The molecule has 6 heteroatoms. The molecule has 0 aliphatic heterocycles. The van der Waals surface area contributed by atoms with Gasteiger partial charge in [0.05, 0.1) is 4.90 Å². The third-order valence-corrected chi connectivity index (χ3v) is 3.10. The number of sulfonamides is 1.